The molecule has 0 saturated heterocycles. The number of allylic oxidation sites excluding steroid dienone is 1. The second-order valence-electron chi connectivity index (χ2n) is 5.00. The Bertz CT molecular complexity index is 747. The number of benzene rings is 1. The molecular weight excluding hydrogens is 358 g/mol. The van der Waals surface area contributed by atoms with Crippen LogP contribution < -0.4 is 4.74 Å². The van der Waals surface area contributed by atoms with E-state index in [1.165, 1.54) is 13.8 Å². The SMILES string of the molecule is CCOC(=O)/C(=C\C=NC(C)CF)C(=O)c1cc(F)c(F)c(OC)c1F. The van der Waals surface area contributed by atoms with Gasteiger partial charge in [0.1, 0.15) is 12.2 Å². The van der Waals surface area contributed by atoms with Crippen molar-refractivity contribution in [2.75, 3.05) is 20.4 Å². The lowest BCUT2D eigenvalue weighted by Crippen LogP contribution is -2.18. The Morgan fingerprint density at radius 2 is 1.92 bits per heavy atom. The highest BCUT2D eigenvalue weighted by atomic mass is 19.2. The highest BCUT2D eigenvalue weighted by Crippen LogP contribution is 2.28. The van der Waals surface area contributed by atoms with Gasteiger partial charge in [0.2, 0.25) is 11.6 Å². The molecule has 142 valence electrons. The van der Waals surface area contributed by atoms with Crippen LogP contribution in [0.5, 0.6) is 5.75 Å². The molecule has 1 rings (SSSR count). The summed E-state index contributed by atoms with van der Waals surface area (Å²) in [6.45, 7) is 2.05. The molecule has 0 amide bonds. The standard InChI is InChI=1S/C17H17F4NO4/c1-4-26-17(24)10(5-6-22-9(2)8-18)15(23)11-7-12(19)14(21)16(25-3)13(11)20/h5-7,9H,4,8H2,1-3H3/b10-5-,22-6?. The summed E-state index contributed by atoms with van der Waals surface area (Å²) in [7, 11) is 0.891. The molecule has 0 aromatic heterocycles. The average molecular weight is 375 g/mol. The third-order valence-corrected chi connectivity index (χ3v) is 3.11. The molecule has 1 atom stereocenters. The smallest absolute Gasteiger partial charge is 0.342 e. The van der Waals surface area contributed by atoms with E-state index < -0.39 is 58.8 Å². The number of carbonyl (C=O) groups excluding carboxylic acids is 2. The van der Waals surface area contributed by atoms with Crippen LogP contribution in [0.4, 0.5) is 17.6 Å². The van der Waals surface area contributed by atoms with Crippen LogP contribution in [0.25, 0.3) is 0 Å². The predicted octanol–water partition coefficient (Wildman–Crippen LogP) is 3.21. The van der Waals surface area contributed by atoms with E-state index in [0.717, 1.165) is 19.4 Å². The summed E-state index contributed by atoms with van der Waals surface area (Å²) in [5, 5.41) is 0. The number of esters is 1. The Morgan fingerprint density at radius 3 is 2.46 bits per heavy atom. The first-order valence-electron chi connectivity index (χ1n) is 7.51. The Kier molecular flexibility index (Phi) is 7.95. The molecule has 0 aliphatic carbocycles. The number of alkyl halides is 1. The molecule has 0 heterocycles. The van der Waals surface area contributed by atoms with E-state index in [1.807, 2.05) is 0 Å². The van der Waals surface area contributed by atoms with E-state index in [9.17, 15) is 27.2 Å². The summed E-state index contributed by atoms with van der Waals surface area (Å²) >= 11 is 0. The fourth-order valence-corrected chi connectivity index (χ4v) is 1.82. The summed E-state index contributed by atoms with van der Waals surface area (Å²) in [6, 6.07) is -0.422. The van der Waals surface area contributed by atoms with Gasteiger partial charge in [0.15, 0.2) is 17.4 Å². The van der Waals surface area contributed by atoms with Crippen molar-refractivity contribution in [3.05, 3.63) is 40.7 Å². The summed E-state index contributed by atoms with van der Waals surface area (Å²) in [5.41, 5.74) is -1.61. The summed E-state index contributed by atoms with van der Waals surface area (Å²) < 4.78 is 62.9. The minimum absolute atomic E-state index is 0.0922. The number of methoxy groups -OCH3 is 1. The lowest BCUT2D eigenvalue weighted by Gasteiger charge is -2.10. The molecule has 0 spiro atoms. The Balaban J connectivity index is 3.41. The van der Waals surface area contributed by atoms with Gasteiger partial charge in [-0.2, -0.15) is 4.39 Å². The predicted molar refractivity (Wildman–Crippen MR) is 85.8 cm³/mol. The van der Waals surface area contributed by atoms with Crippen molar-refractivity contribution in [3.8, 4) is 5.75 Å². The van der Waals surface area contributed by atoms with Crippen molar-refractivity contribution in [3.63, 3.8) is 0 Å². The number of aliphatic imine (C=N–C) groups is 1. The highest BCUT2D eigenvalue weighted by Gasteiger charge is 2.28. The molecule has 1 unspecified atom stereocenters. The van der Waals surface area contributed by atoms with Gasteiger partial charge in [0.05, 0.1) is 25.3 Å². The largest absolute Gasteiger partial charge is 0.491 e. The molecular formula is C17H17F4NO4. The molecule has 0 aliphatic heterocycles. The molecule has 1 aromatic carbocycles. The van der Waals surface area contributed by atoms with Crippen molar-refractivity contribution in [1.82, 2.24) is 0 Å². The van der Waals surface area contributed by atoms with Crippen LogP contribution in [0, 0.1) is 17.5 Å². The molecule has 5 nitrogen and oxygen atoms in total. The fraction of sp³-hybridized carbons (Fsp3) is 0.353. The maximum absolute atomic E-state index is 14.3. The van der Waals surface area contributed by atoms with Crippen LogP contribution in [-0.2, 0) is 9.53 Å². The first-order chi connectivity index (χ1) is 12.3. The zero-order valence-corrected chi connectivity index (χ0v) is 14.3. The number of hydrogen-bond donors (Lipinski definition) is 0. The third-order valence-electron chi connectivity index (χ3n) is 3.11. The lowest BCUT2D eigenvalue weighted by atomic mass is 10.0. The number of ketones is 1. The number of nitrogens with zero attached hydrogens (tertiary/aromatic N) is 1. The second kappa shape index (κ2) is 9.69. The molecule has 1 aromatic rings. The first kappa shape index (κ1) is 21.3. The van der Waals surface area contributed by atoms with E-state index in [1.54, 1.807) is 0 Å². The number of Topliss-reactive ketones (excluding diaryl/α,β-unsaturated/α-hetero) is 1. The van der Waals surface area contributed by atoms with Crippen LogP contribution in [-0.4, -0.2) is 44.4 Å². The number of rotatable bonds is 8. The van der Waals surface area contributed by atoms with Crippen LogP contribution in [0.1, 0.15) is 24.2 Å². The van der Waals surface area contributed by atoms with Gasteiger partial charge < -0.3 is 9.47 Å². The fourth-order valence-electron chi connectivity index (χ4n) is 1.82. The van der Waals surface area contributed by atoms with Crippen molar-refractivity contribution in [2.45, 2.75) is 19.9 Å². The van der Waals surface area contributed by atoms with Crippen LogP contribution >= 0.6 is 0 Å². The highest BCUT2D eigenvalue weighted by molar-refractivity contribution is 6.25. The average Bonchev–Trinajstić information content (AvgIpc) is 2.61. The Morgan fingerprint density at radius 1 is 1.27 bits per heavy atom. The van der Waals surface area contributed by atoms with E-state index >= 15 is 0 Å². The van der Waals surface area contributed by atoms with Gasteiger partial charge in [-0.05, 0) is 26.0 Å². The Hall–Kier alpha value is -2.71. The zero-order chi connectivity index (χ0) is 19.9. The normalized spacial score (nSPS) is 13.0. The maximum atomic E-state index is 14.3. The molecule has 0 saturated carbocycles. The number of carbonyl (C=O) groups is 2. The first-order valence-corrected chi connectivity index (χ1v) is 7.51. The van der Waals surface area contributed by atoms with E-state index in [0.29, 0.717) is 6.07 Å². The quantitative estimate of drug-likeness (QED) is 0.102. The second-order valence-corrected chi connectivity index (χ2v) is 5.00. The van der Waals surface area contributed by atoms with Crippen LogP contribution in [0.3, 0.4) is 0 Å². The van der Waals surface area contributed by atoms with Gasteiger partial charge in [0.25, 0.3) is 0 Å². The number of hydrogen-bond acceptors (Lipinski definition) is 5. The lowest BCUT2D eigenvalue weighted by molar-refractivity contribution is -0.138. The van der Waals surface area contributed by atoms with Crippen molar-refractivity contribution < 1.29 is 36.6 Å². The monoisotopic (exact) mass is 375 g/mol. The molecule has 0 aliphatic rings. The van der Waals surface area contributed by atoms with Gasteiger partial charge >= 0.3 is 5.97 Å². The van der Waals surface area contributed by atoms with Crippen LogP contribution in [0.15, 0.2) is 22.7 Å². The van der Waals surface area contributed by atoms with Crippen molar-refractivity contribution in [1.29, 1.82) is 0 Å². The molecule has 0 fully saturated rings. The number of ether oxygens (including phenoxy) is 2. The van der Waals surface area contributed by atoms with Gasteiger partial charge in [-0.25, -0.2) is 18.0 Å². The minimum Gasteiger partial charge on any atom is -0.491 e. The third kappa shape index (κ3) is 4.90. The zero-order valence-electron chi connectivity index (χ0n) is 14.3. The van der Waals surface area contributed by atoms with E-state index in [2.05, 4.69) is 9.73 Å². The van der Waals surface area contributed by atoms with E-state index in [-0.39, 0.29) is 6.61 Å². The summed E-state index contributed by atoms with van der Waals surface area (Å²) in [5.74, 6) is -8.11. The van der Waals surface area contributed by atoms with Gasteiger partial charge in [-0.3, -0.25) is 9.79 Å². The molecule has 26 heavy (non-hydrogen) atoms. The topological polar surface area (TPSA) is 65.0 Å². The van der Waals surface area contributed by atoms with E-state index in [4.69, 9.17) is 4.74 Å². The Labute approximate surface area is 147 Å². The molecule has 0 bridgehead atoms. The number of halogens is 4. The molecule has 9 heteroatoms. The maximum Gasteiger partial charge on any atom is 0.342 e. The summed E-state index contributed by atoms with van der Waals surface area (Å²) in [4.78, 5) is 28.1. The van der Waals surface area contributed by atoms with Crippen molar-refractivity contribution >= 4 is 18.0 Å². The minimum atomic E-state index is -1.61. The van der Waals surface area contributed by atoms with Crippen LogP contribution in [0.2, 0.25) is 0 Å². The molecule has 0 N–H and O–H groups in total. The van der Waals surface area contributed by atoms with Gasteiger partial charge in [-0.15, -0.1) is 0 Å². The van der Waals surface area contributed by atoms with Gasteiger partial charge in [0, 0.05) is 6.21 Å². The molecule has 0 radical (unpaired) electrons. The van der Waals surface area contributed by atoms with Gasteiger partial charge in [-0.1, -0.05) is 0 Å². The summed E-state index contributed by atoms with van der Waals surface area (Å²) in [6.07, 6.45) is 1.86. The van der Waals surface area contributed by atoms with Crippen molar-refractivity contribution in [2.24, 2.45) is 4.99 Å².